The Balaban J connectivity index is 1.70. The van der Waals surface area contributed by atoms with Crippen molar-refractivity contribution in [2.75, 3.05) is 5.32 Å². The van der Waals surface area contributed by atoms with Crippen molar-refractivity contribution < 1.29 is 9.21 Å². The van der Waals surface area contributed by atoms with Gasteiger partial charge in [0.05, 0.1) is 5.39 Å². The molecule has 7 nitrogen and oxygen atoms in total. The fraction of sp³-hybridized carbons (Fsp3) is 0.158. The summed E-state index contributed by atoms with van der Waals surface area (Å²) in [6.45, 7) is 1.41. The van der Waals surface area contributed by atoms with Crippen molar-refractivity contribution in [2.24, 2.45) is 7.05 Å². The minimum Gasteiger partial charge on any atom is -0.423 e. The van der Waals surface area contributed by atoms with Gasteiger partial charge in [0.25, 0.3) is 5.56 Å². The molecule has 1 N–H and O–H groups in total. The SMILES string of the molecule is CC(=O)Nc1ccc2c(CSc3nc4sccc4c(=O)n3C)cc(=O)oc2c1. The number of benzene rings is 1. The van der Waals surface area contributed by atoms with Crippen LogP contribution in [0.4, 0.5) is 5.69 Å². The van der Waals surface area contributed by atoms with Gasteiger partial charge in [-0.25, -0.2) is 9.78 Å². The van der Waals surface area contributed by atoms with Gasteiger partial charge in [0.2, 0.25) is 5.91 Å². The Morgan fingerprint density at radius 3 is 2.86 bits per heavy atom. The molecule has 1 aromatic carbocycles. The van der Waals surface area contributed by atoms with E-state index in [0.29, 0.717) is 32.4 Å². The molecule has 0 atom stereocenters. The van der Waals surface area contributed by atoms with Crippen LogP contribution >= 0.6 is 23.1 Å². The van der Waals surface area contributed by atoms with E-state index in [4.69, 9.17) is 4.42 Å². The van der Waals surface area contributed by atoms with Gasteiger partial charge in [0.1, 0.15) is 10.4 Å². The van der Waals surface area contributed by atoms with E-state index in [-0.39, 0.29) is 11.5 Å². The number of hydrogen-bond donors (Lipinski definition) is 1. The molecule has 28 heavy (non-hydrogen) atoms. The van der Waals surface area contributed by atoms with Gasteiger partial charge < -0.3 is 9.73 Å². The number of anilines is 1. The predicted molar refractivity (Wildman–Crippen MR) is 111 cm³/mol. The quantitative estimate of drug-likeness (QED) is 0.313. The first-order valence-corrected chi connectivity index (χ1v) is 10.2. The topological polar surface area (TPSA) is 94.2 Å². The highest BCUT2D eigenvalue weighted by Crippen LogP contribution is 2.28. The van der Waals surface area contributed by atoms with Crippen LogP contribution in [0.15, 0.2) is 54.9 Å². The molecule has 142 valence electrons. The van der Waals surface area contributed by atoms with Gasteiger partial charge in [-0.1, -0.05) is 11.8 Å². The van der Waals surface area contributed by atoms with Crippen LogP contribution in [0.2, 0.25) is 0 Å². The van der Waals surface area contributed by atoms with Crippen molar-refractivity contribution >= 4 is 55.9 Å². The van der Waals surface area contributed by atoms with Gasteiger partial charge in [-0.3, -0.25) is 14.2 Å². The van der Waals surface area contributed by atoms with Gasteiger partial charge in [-0.2, -0.15) is 0 Å². The van der Waals surface area contributed by atoms with Gasteiger partial charge in [-0.05, 0) is 29.1 Å². The van der Waals surface area contributed by atoms with E-state index in [1.165, 1.54) is 40.7 Å². The molecule has 0 radical (unpaired) electrons. The van der Waals surface area contributed by atoms with E-state index >= 15 is 0 Å². The average molecular weight is 413 g/mol. The predicted octanol–water partition coefficient (Wildman–Crippen LogP) is 3.35. The molecule has 0 aliphatic heterocycles. The zero-order valence-electron chi connectivity index (χ0n) is 15.0. The first-order valence-electron chi connectivity index (χ1n) is 8.34. The molecule has 1 amide bonds. The Bertz CT molecular complexity index is 1340. The Kier molecular flexibility index (Phi) is 4.78. The fourth-order valence-corrected chi connectivity index (χ4v) is 4.65. The van der Waals surface area contributed by atoms with Gasteiger partial charge in [-0.15, -0.1) is 11.3 Å². The van der Waals surface area contributed by atoms with E-state index < -0.39 is 5.63 Å². The second-order valence-electron chi connectivity index (χ2n) is 6.17. The molecule has 0 aliphatic rings. The lowest BCUT2D eigenvalue weighted by atomic mass is 10.1. The number of thiophene rings is 1. The Morgan fingerprint density at radius 2 is 2.07 bits per heavy atom. The second-order valence-corrected chi connectivity index (χ2v) is 8.01. The minimum absolute atomic E-state index is 0.0915. The van der Waals surface area contributed by atoms with Crippen LogP contribution in [0, 0.1) is 0 Å². The van der Waals surface area contributed by atoms with E-state index in [1.807, 2.05) is 5.38 Å². The lowest BCUT2D eigenvalue weighted by molar-refractivity contribution is -0.114. The van der Waals surface area contributed by atoms with Gasteiger partial charge in [0.15, 0.2) is 5.16 Å². The number of fused-ring (bicyclic) bond motifs is 2. The highest BCUT2D eigenvalue weighted by atomic mass is 32.2. The highest BCUT2D eigenvalue weighted by Gasteiger charge is 2.12. The summed E-state index contributed by atoms with van der Waals surface area (Å²) in [6.07, 6.45) is 0. The second kappa shape index (κ2) is 7.25. The van der Waals surface area contributed by atoms with Crippen LogP contribution in [0.1, 0.15) is 12.5 Å². The Hall–Kier alpha value is -2.91. The molecule has 4 rings (SSSR count). The first kappa shape index (κ1) is 18.5. The van der Waals surface area contributed by atoms with Gasteiger partial charge in [0, 0.05) is 42.9 Å². The van der Waals surface area contributed by atoms with Crippen molar-refractivity contribution in [3.8, 4) is 0 Å². The van der Waals surface area contributed by atoms with E-state index in [1.54, 1.807) is 31.3 Å². The summed E-state index contributed by atoms with van der Waals surface area (Å²) in [5.74, 6) is 0.239. The van der Waals surface area contributed by atoms with Crippen LogP contribution in [0.25, 0.3) is 21.2 Å². The molecule has 3 heterocycles. The Labute approximate surface area is 167 Å². The van der Waals surface area contributed by atoms with E-state index in [0.717, 1.165) is 10.9 Å². The zero-order valence-corrected chi connectivity index (χ0v) is 16.6. The molecule has 0 bridgehead atoms. The number of nitrogens with zero attached hydrogens (tertiary/aromatic N) is 2. The summed E-state index contributed by atoms with van der Waals surface area (Å²) < 4.78 is 6.80. The highest BCUT2D eigenvalue weighted by molar-refractivity contribution is 7.98. The molecular formula is C19H15N3O4S2. The third-order valence-corrected chi connectivity index (χ3v) is 6.06. The van der Waals surface area contributed by atoms with E-state index in [9.17, 15) is 14.4 Å². The van der Waals surface area contributed by atoms with Crippen molar-refractivity contribution in [1.29, 1.82) is 0 Å². The molecule has 0 aliphatic carbocycles. The summed E-state index contributed by atoms with van der Waals surface area (Å²) in [6, 6.07) is 8.39. The van der Waals surface area contributed by atoms with Crippen molar-refractivity contribution in [3.63, 3.8) is 0 Å². The monoisotopic (exact) mass is 413 g/mol. The van der Waals surface area contributed by atoms with Crippen molar-refractivity contribution in [3.05, 3.63) is 62.0 Å². The lowest BCUT2D eigenvalue weighted by Gasteiger charge is -2.09. The maximum atomic E-state index is 12.4. The number of nitrogens with one attached hydrogen (secondary N) is 1. The number of carbonyl (C=O) groups excluding carboxylic acids is 1. The zero-order chi connectivity index (χ0) is 19.8. The molecule has 3 aromatic heterocycles. The summed E-state index contributed by atoms with van der Waals surface area (Å²) >= 11 is 2.80. The standard InChI is InChI=1S/C19H15N3O4S2/c1-10(23)20-12-3-4-13-11(7-16(24)26-15(13)8-12)9-28-19-21-17-14(5-6-27-17)18(25)22(19)2/h3-8H,9H2,1-2H3,(H,20,23). The largest absolute Gasteiger partial charge is 0.423 e. The molecular weight excluding hydrogens is 398 g/mol. The molecule has 4 aromatic rings. The van der Waals surface area contributed by atoms with Crippen LogP contribution in [0.3, 0.4) is 0 Å². The number of carbonyl (C=O) groups is 1. The average Bonchev–Trinajstić information content (AvgIpc) is 3.11. The molecule has 0 saturated heterocycles. The summed E-state index contributed by atoms with van der Waals surface area (Å²) in [4.78, 5) is 40.9. The summed E-state index contributed by atoms with van der Waals surface area (Å²) in [5, 5.41) is 6.46. The van der Waals surface area contributed by atoms with Crippen molar-refractivity contribution in [1.82, 2.24) is 9.55 Å². The van der Waals surface area contributed by atoms with E-state index in [2.05, 4.69) is 10.3 Å². The third-order valence-electron chi connectivity index (χ3n) is 4.17. The Morgan fingerprint density at radius 1 is 1.25 bits per heavy atom. The number of aromatic nitrogens is 2. The number of amides is 1. The van der Waals surface area contributed by atoms with Crippen LogP contribution in [0.5, 0.6) is 0 Å². The third kappa shape index (κ3) is 3.46. The molecule has 0 unspecified atom stereocenters. The number of thioether (sulfide) groups is 1. The van der Waals surface area contributed by atoms with Crippen LogP contribution < -0.4 is 16.5 Å². The smallest absolute Gasteiger partial charge is 0.336 e. The van der Waals surface area contributed by atoms with Crippen molar-refractivity contribution in [2.45, 2.75) is 17.8 Å². The van der Waals surface area contributed by atoms with Gasteiger partial charge >= 0.3 is 5.63 Å². The summed E-state index contributed by atoms with van der Waals surface area (Å²) in [7, 11) is 1.69. The summed E-state index contributed by atoms with van der Waals surface area (Å²) in [5.41, 5.74) is 1.15. The minimum atomic E-state index is -0.473. The maximum Gasteiger partial charge on any atom is 0.336 e. The fourth-order valence-electron chi connectivity index (χ4n) is 2.88. The number of rotatable bonds is 4. The number of hydrogen-bond acceptors (Lipinski definition) is 7. The normalized spacial score (nSPS) is 11.2. The van der Waals surface area contributed by atoms with Crippen LogP contribution in [-0.4, -0.2) is 15.5 Å². The molecule has 0 spiro atoms. The lowest BCUT2D eigenvalue weighted by Crippen LogP contribution is -2.19. The van der Waals surface area contributed by atoms with Crippen LogP contribution in [-0.2, 0) is 17.6 Å². The maximum absolute atomic E-state index is 12.4. The molecule has 0 saturated carbocycles. The first-order chi connectivity index (χ1) is 13.4. The molecule has 0 fully saturated rings. The molecule has 9 heteroatoms.